The Balaban J connectivity index is 0.000000297. The van der Waals surface area contributed by atoms with Gasteiger partial charge < -0.3 is 50.1 Å². The first-order chi connectivity index (χ1) is 67.7. The minimum absolute atomic E-state index is 0. The fourth-order valence-corrected chi connectivity index (χ4v) is 31.1. The fraction of sp³-hybridized carbons (Fsp3) is 0.312. The molecule has 0 fully saturated rings. The first-order valence-electron chi connectivity index (χ1n) is 39.2. The number of hydrogen-bond donors (Lipinski definition) is 6. The number of carboxylic acids is 1. The molecule has 12 aromatic rings. The van der Waals surface area contributed by atoms with Gasteiger partial charge in [-0.05, 0) is 69.6 Å². The van der Waals surface area contributed by atoms with E-state index in [-0.39, 0.29) is 73.8 Å². The van der Waals surface area contributed by atoms with Gasteiger partial charge in [0.05, 0.1) is 84.9 Å². The first kappa shape index (κ1) is 121. The van der Waals surface area contributed by atoms with Gasteiger partial charge in [-0.2, -0.15) is 71.0 Å². The Morgan fingerprint density at radius 3 is 1.56 bits per heavy atom. The number of hydrogen-bond acceptors (Lipinski definition) is 32. The van der Waals surface area contributed by atoms with Crippen LogP contribution in [-0.4, -0.2) is 242 Å². The number of aromatic amines is 1. The number of carbonyl (C=O) groups excluding carboxylic acids is 4. The smallest absolute Gasteiger partial charge is 0.478 e. The summed E-state index contributed by atoms with van der Waals surface area (Å²) in [4.78, 5) is 107. The number of fused-ring (bicyclic) bond motifs is 5. The topological polar surface area (TPSA) is 433 Å². The van der Waals surface area contributed by atoms with E-state index in [1.54, 1.807) is 150 Å². The van der Waals surface area contributed by atoms with Gasteiger partial charge in [-0.15, -0.1) is 30.6 Å². The van der Waals surface area contributed by atoms with E-state index in [1.807, 2.05) is 64.2 Å². The van der Waals surface area contributed by atoms with Crippen LogP contribution in [0.5, 0.6) is 0 Å². The van der Waals surface area contributed by atoms with E-state index in [9.17, 15) is 103 Å². The van der Waals surface area contributed by atoms with Crippen molar-refractivity contribution in [2.24, 2.45) is 10.8 Å². The number of esters is 2. The second-order valence-corrected chi connectivity index (χ2v) is 45.6. The van der Waals surface area contributed by atoms with E-state index in [0.29, 0.717) is 85.5 Å². The molecule has 4 aromatic carbocycles. The molecule has 1 atom stereocenters. The zero-order chi connectivity index (χ0) is 107. The molecule has 0 saturated carbocycles. The highest BCUT2D eigenvalue weighted by molar-refractivity contribution is 8.74. The number of Topliss-reactive ketones (excluding diaryl/α,β-unsaturated/α-hetero) is 1. The van der Waals surface area contributed by atoms with Gasteiger partial charge in [0.1, 0.15) is 63.1 Å². The lowest BCUT2D eigenvalue weighted by molar-refractivity contribution is -0.221. The Bertz CT molecular complexity index is 6950. The van der Waals surface area contributed by atoms with E-state index in [4.69, 9.17) is 45.8 Å². The number of rotatable bonds is 11. The highest BCUT2D eigenvalue weighted by Crippen LogP contribution is 2.35. The number of alkyl halides is 15. The van der Waals surface area contributed by atoms with Crippen molar-refractivity contribution in [3.8, 4) is 0 Å². The summed E-state index contributed by atoms with van der Waals surface area (Å²) in [6.07, 6.45) is -12.9. The number of carbonyl (C=O) groups is 5. The number of H-pyrrole nitrogens is 1. The minimum atomic E-state index is -5.62. The fourth-order valence-electron chi connectivity index (χ4n) is 11.5. The van der Waals surface area contributed by atoms with E-state index < -0.39 is 90.0 Å². The molecular formula is C77H78Cl3F17N28O8S11. The number of aromatic nitrogens is 18. The van der Waals surface area contributed by atoms with Gasteiger partial charge in [0, 0.05) is 201 Å². The third-order valence-corrected chi connectivity index (χ3v) is 35.9. The minimum Gasteiger partial charge on any atom is -0.478 e. The van der Waals surface area contributed by atoms with Gasteiger partial charge >= 0.3 is 48.8 Å². The molecule has 11 heterocycles. The number of halogens is 20. The maximum Gasteiger partial charge on any atom is 0.491 e. The summed E-state index contributed by atoms with van der Waals surface area (Å²) in [6, 6.07) is 22.1. The Kier molecular flexibility index (Phi) is 48.5. The van der Waals surface area contributed by atoms with Crippen LogP contribution in [-0.2, 0) is 168 Å². The summed E-state index contributed by atoms with van der Waals surface area (Å²) >= 11 is 25.7. The summed E-state index contributed by atoms with van der Waals surface area (Å²) in [5.41, 5.74) is 5.42. The molecule has 780 valence electrons. The number of benzene rings is 4. The summed E-state index contributed by atoms with van der Waals surface area (Å²) in [7, 11) is 32.5. The zero-order valence-corrected chi connectivity index (χ0v) is 86.4. The third kappa shape index (κ3) is 37.9. The summed E-state index contributed by atoms with van der Waals surface area (Å²) in [5.74, 6) is -5.19. The number of nitrogens with two attached hydrogens (primary N) is 1. The number of carboxylic acid groups (broad SMARTS) is 1. The number of aliphatic imine (C=N–C) groups is 1. The summed E-state index contributed by atoms with van der Waals surface area (Å²) in [6.45, 7) is 0.409. The molecule has 1 unspecified atom stereocenters. The van der Waals surface area contributed by atoms with Crippen molar-refractivity contribution in [3.63, 3.8) is 0 Å². The number of aromatic carboxylic acids is 1. The Labute approximate surface area is 855 Å². The van der Waals surface area contributed by atoms with Crippen molar-refractivity contribution in [2.75, 3.05) is 110 Å². The number of nitrogens with one attached hydrogen (secondary N) is 4. The van der Waals surface area contributed by atoms with Gasteiger partial charge in [-0.1, -0.05) is 89.4 Å². The van der Waals surface area contributed by atoms with Gasteiger partial charge in [0.15, 0.2) is 23.1 Å². The van der Waals surface area contributed by atoms with Crippen molar-refractivity contribution >= 4 is 212 Å². The van der Waals surface area contributed by atoms with Crippen molar-refractivity contribution in [1.82, 2.24) is 110 Å². The highest BCUT2D eigenvalue weighted by atomic mass is 35.5. The Hall–Kier alpha value is -11.4. The van der Waals surface area contributed by atoms with Gasteiger partial charge in [0.2, 0.25) is 17.5 Å². The molecule has 8 aromatic heterocycles. The van der Waals surface area contributed by atoms with Crippen LogP contribution in [0.4, 0.5) is 97.9 Å². The second-order valence-electron chi connectivity index (χ2n) is 28.5. The number of ketones is 1. The molecule has 144 heavy (non-hydrogen) atoms. The number of nitrogen functional groups attached to an aromatic ring is 1. The molecule has 0 aliphatic carbocycles. The molecule has 0 bridgehead atoms. The molecule has 15 rings (SSSR count). The van der Waals surface area contributed by atoms with Crippen LogP contribution in [0.15, 0.2) is 144 Å². The van der Waals surface area contributed by atoms with Crippen molar-refractivity contribution in [2.45, 2.75) is 69.5 Å². The monoisotopic (exact) mass is 2300 g/mol. The van der Waals surface area contributed by atoms with Crippen molar-refractivity contribution in [3.05, 3.63) is 240 Å². The number of amides is 1. The maximum atomic E-state index is 14.6. The van der Waals surface area contributed by atoms with Crippen molar-refractivity contribution in [1.29, 1.82) is 0 Å². The predicted octanol–water partition coefficient (Wildman–Crippen LogP) is 11.4. The van der Waals surface area contributed by atoms with Gasteiger partial charge in [0.25, 0.3) is 11.5 Å². The molecule has 1 amide bonds. The average Bonchev–Trinajstić information content (AvgIpc) is 1.64. The van der Waals surface area contributed by atoms with E-state index in [0.717, 1.165) is 42.9 Å². The number of hydrazine groups is 1. The van der Waals surface area contributed by atoms with Gasteiger partial charge in [-0.3, -0.25) is 53.2 Å². The van der Waals surface area contributed by atoms with Crippen LogP contribution in [0, 0.1) is 11.6 Å². The van der Waals surface area contributed by atoms with Crippen molar-refractivity contribution < 1.29 is 110 Å². The largest absolute Gasteiger partial charge is 0.491 e. The van der Waals surface area contributed by atoms with Crippen LogP contribution in [0.2, 0.25) is 15.5 Å². The first-order valence-corrected chi connectivity index (χ1v) is 53.7. The van der Waals surface area contributed by atoms with Crippen LogP contribution in [0.3, 0.4) is 0 Å². The summed E-state index contributed by atoms with van der Waals surface area (Å²) in [5, 5.41) is 43.5. The Morgan fingerprint density at radius 1 is 0.569 bits per heavy atom. The Morgan fingerprint density at radius 2 is 1.06 bits per heavy atom. The van der Waals surface area contributed by atoms with E-state index in [2.05, 4.69) is 124 Å². The molecule has 3 aliphatic rings. The maximum absolute atomic E-state index is 14.6. The SMILES string of the molecule is CN(C)C1CNCc2nnc(C(F)(F)F)n21.CN(C)c1cncc(Cl)n1.CN(C)c1cncc(NN)n1.CN(C)c1cncc2nnc(C(F)(F)F)n12.CNC.Clc1cncc(Cl)n1.O=C(O)c1cc(CC2=NCC(=O)c3ccccc32)ccc1F.O=C(OC(=O)C(F)(F)F)C(F)(F)F.O=C(c1cc(Cc2n[nH]c(=O)c3ccccc23)ccc1F)N1CCn2c(nnc2C(F)(F)F)C1.S=S=S=S=S=S=S=S=S=S=S.[HH]. The van der Waals surface area contributed by atoms with Gasteiger partial charge in [-0.25, -0.2) is 49.1 Å². The van der Waals surface area contributed by atoms with E-state index >= 15 is 0 Å². The number of nitrogens with zero attached hydrogens (tertiary/aromatic N) is 23. The third-order valence-electron chi connectivity index (χ3n) is 17.5. The molecule has 0 saturated heterocycles. The molecular weight excluding hydrogens is 2230 g/mol. The quantitative estimate of drug-likeness (QED) is 0.0230. The lowest BCUT2D eigenvalue weighted by Gasteiger charge is -2.31. The van der Waals surface area contributed by atoms with Crippen LogP contribution in [0.25, 0.3) is 16.4 Å². The zero-order valence-electron chi connectivity index (χ0n) is 75.2. The molecule has 0 spiro atoms. The standard InChI is InChI=1S/C22H16F4N6O2.C17H12FNO3.C8H12F3N5.C8H8F3N5.C6H8ClN3.C6H11N5.C4H2Cl2N2.C4F6O3.C2H7N.S11.H2/c23-16-6-5-12(10-17-13-3-1-2-4-14(13)19(33)29-27-17)9-15(16)20(34)31-7-8-32-18(11-31)28-30-21(32)22(24,25)26;18-14-6-5-10(7-13(14)17(21)22)8-15-11-3-1-2-4-12(11)16(20)9-19-15;2*1-15(2)6-4-12-3-5-13-14-7(16(5)6)8(9,10)11;1-10(2)6-4-8-3-5(7)9-6;1-11(2)6-4-8-3-5(9-6)10-7;5-3-1-7-2-4(6)8-3;5-3(6,7)1(11)13-2(12)4(8,9)10;1-3-2;1-3-5-7-9-11-10-8-6-4-2;/h1-6,9H,7-8,10-11H2,(H,29,33);1-7H,8-9H2,(H,21,22);6,12H,3-4H2,1-2H3;3-4H,1-2H3;3-4H,1-2H3;3-4H,7H2,1-2H3,(H,9,10);1-2H;;3H,1-2H3;;1H. The molecule has 67 heteroatoms. The summed E-state index contributed by atoms with van der Waals surface area (Å²) < 4.78 is 216. The van der Waals surface area contributed by atoms with Crippen LogP contribution in [0.1, 0.15) is 90.2 Å². The number of anilines is 4. The molecule has 36 nitrogen and oxygen atoms in total. The molecule has 0 radical (unpaired) electrons. The van der Waals surface area contributed by atoms with Crippen LogP contribution < -0.4 is 42.2 Å². The molecule has 7 N–H and O–H groups in total. The average molecular weight is 2310 g/mol. The van der Waals surface area contributed by atoms with E-state index in [1.165, 1.54) is 82.8 Å². The molecule has 3 aliphatic heterocycles. The normalized spacial score (nSPS) is 12.7. The predicted molar refractivity (Wildman–Crippen MR) is 529 cm³/mol. The second kappa shape index (κ2) is 57.5. The number of ether oxygens (including phenoxy) is 1. The lowest BCUT2D eigenvalue weighted by atomic mass is 9.92. The number of likely N-dealkylation sites (N-methyl/N-ethyl adjacent to an activating group) is 1. The van der Waals surface area contributed by atoms with Crippen LogP contribution >= 0.6 is 34.8 Å². The highest BCUT2D eigenvalue weighted by Gasteiger charge is 2.50. The lowest BCUT2D eigenvalue weighted by Crippen LogP contribution is -2.42.